The molecule has 1 heterocycles. The van der Waals surface area contributed by atoms with Crippen molar-refractivity contribution in [3.05, 3.63) is 0 Å². The molecule has 0 saturated carbocycles. The van der Waals surface area contributed by atoms with Crippen LogP contribution in [0, 0.1) is 5.92 Å². The van der Waals surface area contributed by atoms with E-state index in [9.17, 15) is 24.3 Å². The van der Waals surface area contributed by atoms with Crippen molar-refractivity contribution < 1.29 is 43.2 Å². The summed E-state index contributed by atoms with van der Waals surface area (Å²) in [6.45, 7) is 5.31. The SMILES string of the molecule is CCOC(=O)CN(C)C(=O)C(C)C1OC[C@@H](OC(C)=O)[C@H](OC(C)=O)[C@H]1O. The van der Waals surface area contributed by atoms with Crippen LogP contribution >= 0.6 is 0 Å². The van der Waals surface area contributed by atoms with Crippen molar-refractivity contribution in [2.75, 3.05) is 26.8 Å². The van der Waals surface area contributed by atoms with E-state index in [4.69, 9.17) is 18.9 Å². The van der Waals surface area contributed by atoms with Gasteiger partial charge in [-0.15, -0.1) is 0 Å². The van der Waals surface area contributed by atoms with Crippen LogP contribution in [0.2, 0.25) is 0 Å². The molecule has 10 nitrogen and oxygen atoms in total. The molecule has 0 aliphatic carbocycles. The Labute approximate surface area is 157 Å². The minimum absolute atomic E-state index is 0.154. The summed E-state index contributed by atoms with van der Waals surface area (Å²) in [5, 5.41) is 10.6. The Kier molecular flexibility index (Phi) is 8.64. The van der Waals surface area contributed by atoms with Crippen molar-refractivity contribution >= 4 is 23.8 Å². The predicted octanol–water partition coefficient (Wildman–Crippen LogP) is -0.733. The number of carbonyl (C=O) groups is 4. The fraction of sp³-hybridized carbons (Fsp3) is 0.765. The minimum atomic E-state index is -1.40. The van der Waals surface area contributed by atoms with E-state index in [1.165, 1.54) is 20.9 Å². The third-order valence-corrected chi connectivity index (χ3v) is 4.04. The Morgan fingerprint density at radius 2 is 1.78 bits per heavy atom. The lowest BCUT2D eigenvalue weighted by molar-refractivity contribution is -0.224. The largest absolute Gasteiger partial charge is 0.465 e. The number of ether oxygens (including phenoxy) is 4. The van der Waals surface area contributed by atoms with Crippen molar-refractivity contribution in [1.29, 1.82) is 0 Å². The molecule has 0 radical (unpaired) electrons. The Balaban J connectivity index is 2.85. The molecule has 2 unspecified atom stereocenters. The van der Waals surface area contributed by atoms with Gasteiger partial charge in [0.25, 0.3) is 0 Å². The van der Waals surface area contributed by atoms with Gasteiger partial charge in [-0.3, -0.25) is 19.2 Å². The standard InChI is InChI=1S/C17H27NO9/c1-6-24-13(21)7-18(5)17(23)9(2)15-14(22)16(27-11(4)20)12(8-25-15)26-10(3)19/h9,12,14-16,22H,6-8H2,1-5H3/t9?,12-,14+,15?,16+/m1/s1. The average Bonchev–Trinajstić information content (AvgIpc) is 2.56. The van der Waals surface area contributed by atoms with E-state index in [0.29, 0.717) is 0 Å². The highest BCUT2D eigenvalue weighted by molar-refractivity contribution is 5.83. The molecule has 1 aliphatic rings. The fourth-order valence-corrected chi connectivity index (χ4v) is 2.86. The first-order valence-corrected chi connectivity index (χ1v) is 8.63. The number of aliphatic hydroxyl groups is 1. The molecule has 5 atom stereocenters. The second-order valence-electron chi connectivity index (χ2n) is 6.30. The third-order valence-electron chi connectivity index (χ3n) is 4.04. The molecular formula is C17H27NO9. The predicted molar refractivity (Wildman–Crippen MR) is 90.3 cm³/mol. The van der Waals surface area contributed by atoms with Gasteiger partial charge in [0.2, 0.25) is 5.91 Å². The molecule has 154 valence electrons. The number of nitrogens with zero attached hydrogens (tertiary/aromatic N) is 1. The zero-order valence-corrected chi connectivity index (χ0v) is 16.2. The Morgan fingerprint density at radius 1 is 1.19 bits per heavy atom. The van der Waals surface area contributed by atoms with E-state index >= 15 is 0 Å². The lowest BCUT2D eigenvalue weighted by atomic mass is 9.90. The monoisotopic (exact) mass is 389 g/mol. The van der Waals surface area contributed by atoms with Crippen LogP contribution < -0.4 is 0 Å². The highest BCUT2D eigenvalue weighted by Crippen LogP contribution is 2.26. The van der Waals surface area contributed by atoms with Crippen molar-refractivity contribution in [3.8, 4) is 0 Å². The zero-order valence-electron chi connectivity index (χ0n) is 16.2. The van der Waals surface area contributed by atoms with Crippen LogP contribution in [0.15, 0.2) is 0 Å². The number of hydrogen-bond acceptors (Lipinski definition) is 9. The number of carbonyl (C=O) groups excluding carboxylic acids is 4. The zero-order chi connectivity index (χ0) is 20.7. The molecule has 1 amide bonds. The first-order chi connectivity index (χ1) is 12.6. The summed E-state index contributed by atoms with van der Waals surface area (Å²) >= 11 is 0. The number of amides is 1. The first-order valence-electron chi connectivity index (χ1n) is 8.63. The van der Waals surface area contributed by atoms with Crippen LogP contribution in [0.1, 0.15) is 27.7 Å². The van der Waals surface area contributed by atoms with E-state index in [1.54, 1.807) is 6.92 Å². The van der Waals surface area contributed by atoms with Gasteiger partial charge in [-0.05, 0) is 6.92 Å². The van der Waals surface area contributed by atoms with Crippen LogP contribution in [-0.2, 0) is 38.1 Å². The minimum Gasteiger partial charge on any atom is -0.465 e. The van der Waals surface area contributed by atoms with Crippen LogP contribution in [-0.4, -0.2) is 85.0 Å². The van der Waals surface area contributed by atoms with Gasteiger partial charge in [0.15, 0.2) is 12.2 Å². The van der Waals surface area contributed by atoms with Gasteiger partial charge >= 0.3 is 17.9 Å². The number of aliphatic hydroxyl groups excluding tert-OH is 1. The van der Waals surface area contributed by atoms with Crippen LogP contribution in [0.4, 0.5) is 0 Å². The van der Waals surface area contributed by atoms with Crippen molar-refractivity contribution in [2.24, 2.45) is 5.92 Å². The quantitative estimate of drug-likeness (QED) is 0.442. The van der Waals surface area contributed by atoms with Gasteiger partial charge < -0.3 is 29.0 Å². The molecule has 1 N–H and O–H groups in total. The summed E-state index contributed by atoms with van der Waals surface area (Å²) in [7, 11) is 1.43. The number of likely N-dealkylation sites (N-methyl/N-ethyl adjacent to an activating group) is 1. The molecule has 1 aliphatic heterocycles. The van der Waals surface area contributed by atoms with Crippen LogP contribution in [0.25, 0.3) is 0 Å². The molecule has 0 aromatic rings. The summed E-state index contributed by atoms with van der Waals surface area (Å²) in [4.78, 5) is 47.8. The van der Waals surface area contributed by atoms with Crippen molar-refractivity contribution in [1.82, 2.24) is 4.90 Å². The van der Waals surface area contributed by atoms with E-state index in [-0.39, 0.29) is 19.8 Å². The number of rotatable bonds is 7. The highest BCUT2D eigenvalue weighted by Gasteiger charge is 2.47. The second-order valence-corrected chi connectivity index (χ2v) is 6.30. The topological polar surface area (TPSA) is 129 Å². The van der Waals surface area contributed by atoms with Crippen molar-refractivity contribution in [2.45, 2.75) is 52.1 Å². The van der Waals surface area contributed by atoms with Crippen molar-refractivity contribution in [3.63, 3.8) is 0 Å². The summed E-state index contributed by atoms with van der Waals surface area (Å²) in [6, 6.07) is 0. The molecule has 1 fully saturated rings. The maximum absolute atomic E-state index is 12.5. The Bertz CT molecular complexity index is 565. The summed E-state index contributed by atoms with van der Waals surface area (Å²) in [6.07, 6.45) is -4.58. The van der Waals surface area contributed by atoms with Crippen LogP contribution in [0.3, 0.4) is 0 Å². The summed E-state index contributed by atoms with van der Waals surface area (Å²) < 4.78 is 20.4. The van der Waals surface area contributed by atoms with Gasteiger partial charge in [0.1, 0.15) is 12.6 Å². The molecule has 0 bridgehead atoms. The second kappa shape index (κ2) is 10.2. The molecule has 1 rings (SSSR count). The molecule has 0 aromatic heterocycles. The lowest BCUT2D eigenvalue weighted by Crippen LogP contribution is -2.59. The molecule has 1 saturated heterocycles. The van der Waals surface area contributed by atoms with E-state index in [2.05, 4.69) is 0 Å². The summed E-state index contributed by atoms with van der Waals surface area (Å²) in [5.74, 6) is -3.16. The van der Waals surface area contributed by atoms with E-state index in [1.807, 2.05) is 0 Å². The number of hydrogen-bond donors (Lipinski definition) is 1. The van der Waals surface area contributed by atoms with Gasteiger partial charge in [0, 0.05) is 20.9 Å². The Hall–Kier alpha value is -2.20. The molecule has 10 heteroatoms. The van der Waals surface area contributed by atoms with Gasteiger partial charge in [-0.1, -0.05) is 6.92 Å². The molecule has 0 aromatic carbocycles. The lowest BCUT2D eigenvalue weighted by Gasteiger charge is -2.41. The van der Waals surface area contributed by atoms with Gasteiger partial charge in [-0.25, -0.2) is 0 Å². The highest BCUT2D eigenvalue weighted by atomic mass is 16.6. The summed E-state index contributed by atoms with van der Waals surface area (Å²) in [5.41, 5.74) is 0. The molecule has 27 heavy (non-hydrogen) atoms. The first kappa shape index (κ1) is 22.8. The molecule has 0 spiro atoms. The van der Waals surface area contributed by atoms with E-state index in [0.717, 1.165) is 11.8 Å². The van der Waals surface area contributed by atoms with Gasteiger partial charge in [-0.2, -0.15) is 0 Å². The third kappa shape index (κ3) is 6.47. The van der Waals surface area contributed by atoms with E-state index < -0.39 is 54.1 Å². The van der Waals surface area contributed by atoms with Gasteiger partial charge in [0.05, 0.1) is 25.2 Å². The molecular weight excluding hydrogens is 362 g/mol. The average molecular weight is 389 g/mol. The fourth-order valence-electron chi connectivity index (χ4n) is 2.86. The maximum Gasteiger partial charge on any atom is 0.325 e. The van der Waals surface area contributed by atoms with Crippen LogP contribution in [0.5, 0.6) is 0 Å². The maximum atomic E-state index is 12.5. The normalized spacial score (nSPS) is 25.9. The smallest absolute Gasteiger partial charge is 0.325 e. The Morgan fingerprint density at radius 3 is 2.30 bits per heavy atom. The number of esters is 3.